The number of para-hydroxylation sites is 1. The Morgan fingerprint density at radius 3 is 2.30 bits per heavy atom. The summed E-state index contributed by atoms with van der Waals surface area (Å²) in [7, 11) is 1.35. The van der Waals surface area contributed by atoms with Crippen LogP contribution >= 0.6 is 0 Å². The zero-order valence-corrected chi connectivity index (χ0v) is 18.1. The zero-order chi connectivity index (χ0) is 21.3. The van der Waals surface area contributed by atoms with Gasteiger partial charge in [-0.2, -0.15) is 4.98 Å². The summed E-state index contributed by atoms with van der Waals surface area (Å²) in [6.07, 6.45) is 0. The highest BCUT2D eigenvalue weighted by Gasteiger charge is 2.26. The monoisotopic (exact) mass is 427 g/mol. The highest BCUT2D eigenvalue weighted by molar-refractivity contribution is 7.92. The second-order valence-electron chi connectivity index (χ2n) is 7.30. The Morgan fingerprint density at radius 1 is 0.967 bits per heavy atom. The normalized spacial score (nSPS) is 15.4. The maximum absolute atomic E-state index is 13.3. The number of ether oxygens (including phenoxy) is 1. The molecule has 0 radical (unpaired) electrons. The Morgan fingerprint density at radius 2 is 1.63 bits per heavy atom. The molecule has 1 aliphatic rings. The van der Waals surface area contributed by atoms with E-state index in [1.54, 1.807) is 19.2 Å². The van der Waals surface area contributed by atoms with Gasteiger partial charge in [0.1, 0.15) is 5.75 Å². The van der Waals surface area contributed by atoms with Gasteiger partial charge in [-0.25, -0.2) is 13.4 Å². The minimum atomic E-state index is -3.80. The van der Waals surface area contributed by atoms with Gasteiger partial charge in [0.25, 0.3) is 10.0 Å². The number of nitrogens with zero attached hydrogens (tertiary/aromatic N) is 5. The molecule has 0 saturated carbocycles. The van der Waals surface area contributed by atoms with Gasteiger partial charge in [-0.15, -0.1) is 0 Å². The van der Waals surface area contributed by atoms with E-state index in [1.807, 2.05) is 24.3 Å². The van der Waals surface area contributed by atoms with Crippen molar-refractivity contribution < 1.29 is 13.2 Å². The summed E-state index contributed by atoms with van der Waals surface area (Å²) in [5.74, 6) is 1.51. The molecule has 2 heterocycles. The van der Waals surface area contributed by atoms with E-state index in [9.17, 15) is 8.42 Å². The molecule has 3 aromatic rings. The van der Waals surface area contributed by atoms with E-state index in [0.29, 0.717) is 28.4 Å². The van der Waals surface area contributed by atoms with Crippen LogP contribution in [-0.4, -0.2) is 70.7 Å². The number of rotatable bonds is 5. The molecule has 0 bridgehead atoms. The molecule has 2 aromatic carbocycles. The molecule has 30 heavy (non-hydrogen) atoms. The summed E-state index contributed by atoms with van der Waals surface area (Å²) in [5, 5.41) is 0.690. The van der Waals surface area contributed by atoms with Crippen molar-refractivity contribution in [2.45, 2.75) is 4.90 Å². The third-order valence-electron chi connectivity index (χ3n) is 5.37. The van der Waals surface area contributed by atoms with Crippen molar-refractivity contribution in [3.63, 3.8) is 0 Å². The summed E-state index contributed by atoms with van der Waals surface area (Å²) >= 11 is 0. The third kappa shape index (κ3) is 3.78. The Kier molecular flexibility index (Phi) is 5.48. The number of aromatic nitrogens is 2. The molecule has 0 N–H and O–H groups in total. The summed E-state index contributed by atoms with van der Waals surface area (Å²) < 4.78 is 33.0. The SMILES string of the molecule is COc1ccc(S(=O)(=O)N(C)c2nc(N3CCN(C)CC3)nc3ccccc23)cc1. The molecule has 0 atom stereocenters. The lowest BCUT2D eigenvalue weighted by molar-refractivity contribution is 0.311. The number of piperazine rings is 1. The fourth-order valence-corrected chi connectivity index (χ4v) is 4.62. The molecule has 9 heteroatoms. The van der Waals surface area contributed by atoms with E-state index in [0.717, 1.165) is 26.2 Å². The van der Waals surface area contributed by atoms with Gasteiger partial charge in [0, 0.05) is 38.6 Å². The van der Waals surface area contributed by atoms with E-state index in [2.05, 4.69) is 16.8 Å². The van der Waals surface area contributed by atoms with Crippen molar-refractivity contribution in [3.05, 3.63) is 48.5 Å². The lowest BCUT2D eigenvalue weighted by atomic mass is 10.2. The second kappa shape index (κ2) is 8.08. The van der Waals surface area contributed by atoms with E-state index < -0.39 is 10.0 Å². The van der Waals surface area contributed by atoms with Crippen LogP contribution in [0.2, 0.25) is 0 Å². The smallest absolute Gasteiger partial charge is 0.265 e. The fourth-order valence-electron chi connectivity index (χ4n) is 3.46. The lowest BCUT2D eigenvalue weighted by Crippen LogP contribution is -2.45. The van der Waals surface area contributed by atoms with Crippen LogP contribution in [0.4, 0.5) is 11.8 Å². The standard InChI is InChI=1S/C21H25N5O3S/c1-24-12-14-26(15-13-24)21-22-19-7-5-4-6-18(19)20(23-21)25(2)30(27,28)17-10-8-16(29-3)9-11-17/h4-11H,12-15H2,1-3H3. The Hall–Kier alpha value is -2.91. The summed E-state index contributed by atoms with van der Waals surface area (Å²) in [6.45, 7) is 3.41. The number of sulfonamides is 1. The summed E-state index contributed by atoms with van der Waals surface area (Å²) in [6, 6.07) is 13.8. The minimum absolute atomic E-state index is 0.176. The number of hydrogen-bond acceptors (Lipinski definition) is 7. The average molecular weight is 428 g/mol. The predicted molar refractivity (Wildman–Crippen MR) is 118 cm³/mol. The predicted octanol–water partition coefficient (Wildman–Crippen LogP) is 2.22. The molecular weight excluding hydrogens is 402 g/mol. The Labute approximate surface area is 176 Å². The van der Waals surface area contributed by atoms with Crippen molar-refractivity contribution in [2.75, 3.05) is 56.6 Å². The van der Waals surface area contributed by atoms with E-state index >= 15 is 0 Å². The molecule has 0 aliphatic carbocycles. The topological polar surface area (TPSA) is 78.9 Å². The molecular formula is C21H25N5O3S. The van der Waals surface area contributed by atoms with Gasteiger partial charge in [-0.05, 0) is 43.4 Å². The molecule has 4 rings (SSSR count). The third-order valence-corrected chi connectivity index (χ3v) is 7.14. The van der Waals surface area contributed by atoms with Gasteiger partial charge in [0.05, 0.1) is 17.5 Å². The number of anilines is 2. The first kappa shape index (κ1) is 20.4. The van der Waals surface area contributed by atoms with Crippen LogP contribution in [0.25, 0.3) is 10.9 Å². The average Bonchev–Trinajstić information content (AvgIpc) is 2.78. The van der Waals surface area contributed by atoms with Crippen LogP contribution in [0.15, 0.2) is 53.4 Å². The summed E-state index contributed by atoms with van der Waals surface area (Å²) in [5.41, 5.74) is 0.716. The molecule has 0 spiro atoms. The number of methoxy groups -OCH3 is 1. The molecule has 1 aromatic heterocycles. The zero-order valence-electron chi connectivity index (χ0n) is 17.3. The van der Waals surface area contributed by atoms with Crippen LogP contribution in [0, 0.1) is 0 Å². The van der Waals surface area contributed by atoms with Crippen LogP contribution in [0.1, 0.15) is 0 Å². The molecule has 158 valence electrons. The molecule has 1 fully saturated rings. The Balaban J connectivity index is 1.78. The lowest BCUT2D eigenvalue weighted by Gasteiger charge is -2.33. The molecule has 0 amide bonds. The maximum atomic E-state index is 13.3. The quantitative estimate of drug-likeness (QED) is 0.618. The van der Waals surface area contributed by atoms with Gasteiger partial charge in [-0.3, -0.25) is 4.31 Å². The maximum Gasteiger partial charge on any atom is 0.265 e. The van der Waals surface area contributed by atoms with Crippen molar-refractivity contribution in [3.8, 4) is 5.75 Å². The summed E-state index contributed by atoms with van der Waals surface area (Å²) in [4.78, 5) is 13.9. The number of likely N-dealkylation sites (N-methyl/N-ethyl adjacent to an activating group) is 1. The fraction of sp³-hybridized carbons (Fsp3) is 0.333. The van der Waals surface area contributed by atoms with E-state index in [1.165, 1.54) is 23.5 Å². The first-order valence-corrected chi connectivity index (χ1v) is 11.2. The van der Waals surface area contributed by atoms with Crippen molar-refractivity contribution in [1.82, 2.24) is 14.9 Å². The molecule has 0 unspecified atom stereocenters. The Bertz CT molecular complexity index is 1140. The number of fused-ring (bicyclic) bond motifs is 1. The van der Waals surface area contributed by atoms with Crippen molar-refractivity contribution in [1.29, 1.82) is 0 Å². The first-order valence-electron chi connectivity index (χ1n) is 9.73. The van der Waals surface area contributed by atoms with Crippen LogP contribution in [0.5, 0.6) is 5.75 Å². The van der Waals surface area contributed by atoms with Crippen molar-refractivity contribution in [2.24, 2.45) is 0 Å². The van der Waals surface area contributed by atoms with Gasteiger partial charge < -0.3 is 14.5 Å². The van der Waals surface area contributed by atoms with Crippen molar-refractivity contribution >= 4 is 32.7 Å². The van der Waals surface area contributed by atoms with Gasteiger partial charge >= 0.3 is 0 Å². The highest BCUT2D eigenvalue weighted by Crippen LogP contribution is 2.30. The van der Waals surface area contributed by atoms with E-state index in [4.69, 9.17) is 14.7 Å². The van der Waals surface area contributed by atoms with E-state index in [-0.39, 0.29) is 4.90 Å². The largest absolute Gasteiger partial charge is 0.497 e. The van der Waals surface area contributed by atoms with Crippen LogP contribution in [0.3, 0.4) is 0 Å². The first-order chi connectivity index (χ1) is 14.4. The number of hydrogen-bond donors (Lipinski definition) is 0. The minimum Gasteiger partial charge on any atom is -0.497 e. The molecule has 1 aliphatic heterocycles. The number of benzene rings is 2. The molecule has 1 saturated heterocycles. The van der Waals surface area contributed by atoms with Gasteiger partial charge in [0.15, 0.2) is 5.82 Å². The van der Waals surface area contributed by atoms with Gasteiger partial charge in [0.2, 0.25) is 5.95 Å². The second-order valence-corrected chi connectivity index (χ2v) is 9.27. The van der Waals surface area contributed by atoms with Crippen LogP contribution < -0.4 is 13.9 Å². The highest BCUT2D eigenvalue weighted by atomic mass is 32.2. The molecule has 8 nitrogen and oxygen atoms in total. The van der Waals surface area contributed by atoms with Gasteiger partial charge in [-0.1, -0.05) is 12.1 Å². The van der Waals surface area contributed by atoms with Crippen LogP contribution in [-0.2, 0) is 10.0 Å².